The summed E-state index contributed by atoms with van der Waals surface area (Å²) in [6.07, 6.45) is -1.73. The number of hydrogen-bond acceptors (Lipinski definition) is 4. The maximum Gasteiger partial charge on any atom is 0.573 e. The van der Waals surface area contributed by atoms with Crippen molar-refractivity contribution in [2.45, 2.75) is 25.3 Å². The standard InChI is InChI=1S/C21H18F3N2O3/c22-21(23,24)29-16-5-3-14(4-6-16)28-15-9-12-26(13-10-15)19-8-7-18-17(20(19)27)2-1-11-25-18/h1-8,11,15H,9-10,12-13H2. The third-order valence-corrected chi connectivity index (χ3v) is 4.86. The molecule has 0 aliphatic carbocycles. The first-order valence-electron chi connectivity index (χ1n) is 9.21. The predicted molar refractivity (Wildman–Crippen MR) is 101 cm³/mol. The molecule has 2 heterocycles. The Hall–Kier alpha value is -3.16. The molecule has 1 aliphatic heterocycles. The Morgan fingerprint density at radius 1 is 0.966 bits per heavy atom. The van der Waals surface area contributed by atoms with Gasteiger partial charge in [-0.25, -0.2) is 0 Å². The SMILES string of the molecule is [O]c1c(N2CCC(Oc3ccc(OC(F)(F)F)cc3)CC2)ccc2ncccc12. The summed E-state index contributed by atoms with van der Waals surface area (Å²) in [6, 6.07) is 12.5. The molecule has 1 radical (unpaired) electrons. The second-order valence-electron chi connectivity index (χ2n) is 6.81. The van der Waals surface area contributed by atoms with Gasteiger partial charge in [0, 0.05) is 37.5 Å². The van der Waals surface area contributed by atoms with Crippen LogP contribution in [-0.2, 0) is 5.11 Å². The summed E-state index contributed by atoms with van der Waals surface area (Å²) in [7, 11) is 0. The van der Waals surface area contributed by atoms with Crippen LogP contribution in [0.3, 0.4) is 0 Å². The minimum absolute atomic E-state index is 0.0322. The first-order valence-corrected chi connectivity index (χ1v) is 9.21. The summed E-state index contributed by atoms with van der Waals surface area (Å²) in [5.41, 5.74) is 1.33. The zero-order valence-corrected chi connectivity index (χ0v) is 15.4. The number of anilines is 1. The molecule has 0 spiro atoms. The Kier molecular flexibility index (Phi) is 5.08. The number of pyridine rings is 1. The van der Waals surface area contributed by atoms with Gasteiger partial charge in [-0.1, -0.05) is 0 Å². The van der Waals surface area contributed by atoms with E-state index >= 15 is 0 Å². The third kappa shape index (κ3) is 4.47. The Bertz CT molecular complexity index is 985. The van der Waals surface area contributed by atoms with Gasteiger partial charge in [0.05, 0.1) is 11.2 Å². The fourth-order valence-electron chi connectivity index (χ4n) is 3.49. The van der Waals surface area contributed by atoms with Crippen LogP contribution < -0.4 is 14.4 Å². The van der Waals surface area contributed by atoms with Crippen molar-refractivity contribution in [3.63, 3.8) is 0 Å². The molecular weight excluding hydrogens is 385 g/mol. The molecule has 2 aromatic carbocycles. The van der Waals surface area contributed by atoms with E-state index < -0.39 is 6.36 Å². The lowest BCUT2D eigenvalue weighted by Crippen LogP contribution is -2.38. The van der Waals surface area contributed by atoms with Gasteiger partial charge in [0.2, 0.25) is 5.75 Å². The van der Waals surface area contributed by atoms with Gasteiger partial charge < -0.3 is 14.4 Å². The average Bonchev–Trinajstić information content (AvgIpc) is 2.70. The molecule has 1 aromatic heterocycles. The smallest absolute Gasteiger partial charge is 0.490 e. The lowest BCUT2D eigenvalue weighted by Gasteiger charge is -2.33. The molecule has 151 valence electrons. The van der Waals surface area contributed by atoms with E-state index in [-0.39, 0.29) is 17.6 Å². The van der Waals surface area contributed by atoms with Crippen LogP contribution in [-0.4, -0.2) is 30.5 Å². The molecule has 0 amide bonds. The van der Waals surface area contributed by atoms with E-state index in [0.717, 1.165) is 0 Å². The van der Waals surface area contributed by atoms with Crippen molar-refractivity contribution in [2.75, 3.05) is 18.0 Å². The Morgan fingerprint density at radius 2 is 1.66 bits per heavy atom. The van der Waals surface area contributed by atoms with Crippen LogP contribution in [0.2, 0.25) is 0 Å². The van der Waals surface area contributed by atoms with E-state index in [2.05, 4.69) is 9.72 Å². The highest BCUT2D eigenvalue weighted by atomic mass is 19.4. The van der Waals surface area contributed by atoms with Crippen LogP contribution in [0.25, 0.3) is 10.9 Å². The van der Waals surface area contributed by atoms with E-state index in [1.165, 1.54) is 24.3 Å². The van der Waals surface area contributed by atoms with Crippen LogP contribution in [0.15, 0.2) is 54.7 Å². The van der Waals surface area contributed by atoms with E-state index in [1.54, 1.807) is 24.4 Å². The largest absolute Gasteiger partial charge is 0.573 e. The number of ether oxygens (including phenoxy) is 2. The average molecular weight is 403 g/mol. The highest BCUT2D eigenvalue weighted by Crippen LogP contribution is 2.36. The molecule has 0 saturated carbocycles. The van der Waals surface area contributed by atoms with Crippen LogP contribution in [0.1, 0.15) is 12.8 Å². The quantitative estimate of drug-likeness (QED) is 0.591. The van der Waals surface area contributed by atoms with Gasteiger partial charge in [0.15, 0.2) is 0 Å². The molecule has 8 heteroatoms. The molecule has 1 aliphatic rings. The van der Waals surface area contributed by atoms with Gasteiger partial charge in [0.25, 0.3) is 0 Å². The molecule has 0 bridgehead atoms. The van der Waals surface area contributed by atoms with Gasteiger partial charge in [-0.05, 0) is 48.5 Å². The lowest BCUT2D eigenvalue weighted by atomic mass is 10.1. The first-order chi connectivity index (χ1) is 13.9. The Labute approximate surface area is 165 Å². The predicted octanol–water partition coefficient (Wildman–Crippen LogP) is 5.33. The number of rotatable bonds is 4. The molecular formula is C21H18F3N2O3. The van der Waals surface area contributed by atoms with Crippen molar-refractivity contribution in [1.29, 1.82) is 0 Å². The lowest BCUT2D eigenvalue weighted by molar-refractivity contribution is -0.274. The van der Waals surface area contributed by atoms with Crippen molar-refractivity contribution in [2.24, 2.45) is 0 Å². The summed E-state index contributed by atoms with van der Waals surface area (Å²) < 4.78 is 46.4. The molecule has 0 unspecified atom stereocenters. The second kappa shape index (κ2) is 7.69. The van der Waals surface area contributed by atoms with E-state index in [0.29, 0.717) is 48.3 Å². The summed E-state index contributed by atoms with van der Waals surface area (Å²) >= 11 is 0. The first kappa shape index (κ1) is 19.2. The van der Waals surface area contributed by atoms with Gasteiger partial charge in [0.1, 0.15) is 17.6 Å². The second-order valence-corrected chi connectivity index (χ2v) is 6.81. The Morgan fingerprint density at radius 3 is 2.34 bits per heavy atom. The van der Waals surface area contributed by atoms with Crippen molar-refractivity contribution >= 4 is 16.6 Å². The highest BCUT2D eigenvalue weighted by molar-refractivity contribution is 5.90. The Balaban J connectivity index is 1.37. The number of nitrogens with zero attached hydrogens (tertiary/aromatic N) is 2. The van der Waals surface area contributed by atoms with Gasteiger partial charge >= 0.3 is 6.36 Å². The van der Waals surface area contributed by atoms with E-state index in [4.69, 9.17) is 4.74 Å². The zero-order valence-electron chi connectivity index (χ0n) is 15.4. The summed E-state index contributed by atoms with van der Waals surface area (Å²) in [4.78, 5) is 6.24. The fraction of sp³-hybridized carbons (Fsp3) is 0.286. The normalized spacial score (nSPS) is 15.5. The molecule has 3 aromatic rings. The molecule has 0 atom stereocenters. The summed E-state index contributed by atoms with van der Waals surface area (Å²) in [6.45, 7) is 1.31. The molecule has 0 N–H and O–H groups in total. The summed E-state index contributed by atoms with van der Waals surface area (Å²) in [5, 5.41) is 13.3. The number of halogens is 3. The van der Waals surface area contributed by atoms with Crippen LogP contribution in [0, 0.1) is 0 Å². The molecule has 29 heavy (non-hydrogen) atoms. The van der Waals surface area contributed by atoms with Crippen molar-refractivity contribution < 1.29 is 27.8 Å². The van der Waals surface area contributed by atoms with E-state index in [9.17, 15) is 18.3 Å². The number of benzene rings is 2. The number of piperidine rings is 1. The van der Waals surface area contributed by atoms with Gasteiger partial charge in [-0.15, -0.1) is 13.2 Å². The van der Waals surface area contributed by atoms with Crippen molar-refractivity contribution in [1.82, 2.24) is 4.98 Å². The fourth-order valence-corrected chi connectivity index (χ4v) is 3.49. The van der Waals surface area contributed by atoms with E-state index in [1.807, 2.05) is 11.0 Å². The molecule has 1 saturated heterocycles. The topological polar surface area (TPSA) is 54.5 Å². The van der Waals surface area contributed by atoms with Crippen molar-refractivity contribution in [3.05, 3.63) is 54.7 Å². The maximum atomic E-state index is 12.7. The number of fused-ring (bicyclic) bond motifs is 1. The van der Waals surface area contributed by atoms with Crippen LogP contribution >= 0.6 is 0 Å². The molecule has 5 nitrogen and oxygen atoms in total. The summed E-state index contributed by atoms with van der Waals surface area (Å²) in [5.74, 6) is 0.169. The van der Waals surface area contributed by atoms with Crippen molar-refractivity contribution in [3.8, 4) is 17.2 Å². The third-order valence-electron chi connectivity index (χ3n) is 4.86. The minimum atomic E-state index is -4.71. The monoisotopic (exact) mass is 403 g/mol. The highest BCUT2D eigenvalue weighted by Gasteiger charge is 2.31. The molecule has 4 rings (SSSR count). The number of aromatic nitrogens is 1. The van der Waals surface area contributed by atoms with Gasteiger partial charge in [-0.2, -0.15) is 0 Å². The van der Waals surface area contributed by atoms with Gasteiger partial charge in [-0.3, -0.25) is 10.1 Å². The maximum absolute atomic E-state index is 12.7. The zero-order chi connectivity index (χ0) is 20.4. The number of alkyl halides is 3. The van der Waals surface area contributed by atoms with Crippen LogP contribution in [0.4, 0.5) is 18.9 Å². The van der Waals surface area contributed by atoms with Crippen LogP contribution in [0.5, 0.6) is 17.2 Å². The molecule has 1 fully saturated rings. The number of hydrogen-bond donors (Lipinski definition) is 0. The minimum Gasteiger partial charge on any atom is -0.490 e.